The van der Waals surface area contributed by atoms with Gasteiger partial charge in [-0.05, 0) is 34.8 Å². The summed E-state index contributed by atoms with van der Waals surface area (Å²) in [6.07, 6.45) is 2.08. The molecule has 0 saturated heterocycles. The van der Waals surface area contributed by atoms with E-state index in [4.69, 9.17) is 0 Å². The lowest BCUT2D eigenvalue weighted by Crippen LogP contribution is -1.97. The highest BCUT2D eigenvalue weighted by Crippen LogP contribution is 2.39. The van der Waals surface area contributed by atoms with E-state index in [2.05, 4.69) is 25.9 Å². The van der Waals surface area contributed by atoms with E-state index in [9.17, 15) is 8.78 Å². The fraction of sp³-hybridized carbons (Fsp3) is 0.273. The molecule has 16 heavy (non-hydrogen) atoms. The van der Waals surface area contributed by atoms with Crippen molar-refractivity contribution in [2.75, 3.05) is 0 Å². The summed E-state index contributed by atoms with van der Waals surface area (Å²) in [5, 5.41) is 0.377. The predicted molar refractivity (Wildman–Crippen MR) is 59.1 cm³/mol. The standard InChI is InChI=1S/C11H7BrF2N2/c12-10-7-3-6(13)4-8(14)9(7)15-11(16-10)5-1-2-5/h3-5H,1-2H2. The molecule has 1 aromatic carbocycles. The van der Waals surface area contributed by atoms with Gasteiger partial charge in [-0.2, -0.15) is 0 Å². The summed E-state index contributed by atoms with van der Waals surface area (Å²) >= 11 is 3.23. The Labute approximate surface area is 98.8 Å². The highest BCUT2D eigenvalue weighted by Gasteiger charge is 2.27. The van der Waals surface area contributed by atoms with Gasteiger partial charge >= 0.3 is 0 Å². The Balaban J connectivity index is 2.32. The van der Waals surface area contributed by atoms with Gasteiger partial charge in [0.15, 0.2) is 5.82 Å². The molecule has 3 rings (SSSR count). The van der Waals surface area contributed by atoms with Crippen LogP contribution in [0.2, 0.25) is 0 Å². The zero-order valence-corrected chi connectivity index (χ0v) is 9.76. The highest BCUT2D eigenvalue weighted by atomic mass is 79.9. The summed E-state index contributed by atoms with van der Waals surface area (Å²) in [6, 6.07) is 2.08. The van der Waals surface area contributed by atoms with Crippen LogP contribution < -0.4 is 0 Å². The molecule has 1 aromatic heterocycles. The van der Waals surface area contributed by atoms with Gasteiger partial charge in [-0.15, -0.1) is 0 Å². The van der Waals surface area contributed by atoms with Gasteiger partial charge in [0.2, 0.25) is 0 Å². The van der Waals surface area contributed by atoms with Crippen LogP contribution in [0.4, 0.5) is 8.78 Å². The number of fused-ring (bicyclic) bond motifs is 1. The Bertz CT molecular complexity index is 582. The van der Waals surface area contributed by atoms with Crippen LogP contribution in [0.5, 0.6) is 0 Å². The zero-order chi connectivity index (χ0) is 11.3. The van der Waals surface area contributed by atoms with Crippen molar-refractivity contribution in [1.29, 1.82) is 0 Å². The van der Waals surface area contributed by atoms with Crippen molar-refractivity contribution in [3.05, 3.63) is 34.2 Å². The van der Waals surface area contributed by atoms with Gasteiger partial charge in [-0.3, -0.25) is 0 Å². The van der Waals surface area contributed by atoms with Gasteiger partial charge in [0.25, 0.3) is 0 Å². The van der Waals surface area contributed by atoms with E-state index < -0.39 is 11.6 Å². The van der Waals surface area contributed by atoms with Crippen molar-refractivity contribution in [3.8, 4) is 0 Å². The van der Waals surface area contributed by atoms with Crippen molar-refractivity contribution in [1.82, 2.24) is 9.97 Å². The second-order valence-electron chi connectivity index (χ2n) is 3.93. The fourth-order valence-electron chi connectivity index (χ4n) is 1.66. The lowest BCUT2D eigenvalue weighted by atomic mass is 10.2. The molecule has 0 radical (unpaired) electrons. The van der Waals surface area contributed by atoms with E-state index in [0.29, 0.717) is 21.7 Å². The molecule has 0 N–H and O–H groups in total. The Hall–Kier alpha value is -1.10. The lowest BCUT2D eigenvalue weighted by molar-refractivity contribution is 0.589. The molecule has 1 aliphatic carbocycles. The average molecular weight is 285 g/mol. The summed E-state index contributed by atoms with van der Waals surface area (Å²) < 4.78 is 27.0. The molecule has 0 spiro atoms. The van der Waals surface area contributed by atoms with Crippen LogP contribution in [-0.2, 0) is 0 Å². The van der Waals surface area contributed by atoms with E-state index in [0.717, 1.165) is 18.9 Å². The minimum Gasteiger partial charge on any atom is -0.229 e. The molecule has 1 saturated carbocycles. The summed E-state index contributed by atoms with van der Waals surface area (Å²) in [7, 11) is 0. The van der Waals surface area contributed by atoms with Crippen LogP contribution >= 0.6 is 15.9 Å². The van der Waals surface area contributed by atoms with E-state index in [1.807, 2.05) is 0 Å². The van der Waals surface area contributed by atoms with Gasteiger partial charge in [0.1, 0.15) is 21.8 Å². The number of aromatic nitrogens is 2. The molecule has 0 aliphatic heterocycles. The molecule has 0 unspecified atom stereocenters. The van der Waals surface area contributed by atoms with E-state index in [1.54, 1.807) is 0 Å². The normalized spacial score (nSPS) is 15.7. The van der Waals surface area contributed by atoms with Crippen LogP contribution in [-0.4, -0.2) is 9.97 Å². The Morgan fingerprint density at radius 3 is 2.62 bits per heavy atom. The summed E-state index contributed by atoms with van der Waals surface area (Å²) in [5.74, 6) is -0.275. The van der Waals surface area contributed by atoms with Crippen LogP contribution in [0.3, 0.4) is 0 Å². The van der Waals surface area contributed by atoms with Gasteiger partial charge in [0, 0.05) is 17.4 Å². The van der Waals surface area contributed by atoms with E-state index in [-0.39, 0.29) is 5.52 Å². The Morgan fingerprint density at radius 1 is 1.19 bits per heavy atom. The SMILES string of the molecule is Fc1cc(F)c2nc(C3CC3)nc(Br)c2c1. The number of rotatable bonds is 1. The minimum atomic E-state index is -0.639. The van der Waals surface area contributed by atoms with Crippen molar-refractivity contribution in [3.63, 3.8) is 0 Å². The molecule has 1 aliphatic rings. The molecule has 1 heterocycles. The molecular weight excluding hydrogens is 278 g/mol. The molecule has 0 amide bonds. The molecule has 0 bridgehead atoms. The van der Waals surface area contributed by atoms with Gasteiger partial charge in [-0.1, -0.05) is 0 Å². The summed E-state index contributed by atoms with van der Waals surface area (Å²) in [5.41, 5.74) is 0.185. The lowest BCUT2D eigenvalue weighted by Gasteiger charge is -2.04. The minimum absolute atomic E-state index is 0.185. The van der Waals surface area contributed by atoms with Crippen molar-refractivity contribution >= 4 is 26.8 Å². The maximum atomic E-state index is 13.5. The average Bonchev–Trinajstić information content (AvgIpc) is 3.02. The molecule has 2 nitrogen and oxygen atoms in total. The first-order valence-electron chi connectivity index (χ1n) is 4.97. The van der Waals surface area contributed by atoms with Gasteiger partial charge < -0.3 is 0 Å². The van der Waals surface area contributed by atoms with Crippen molar-refractivity contribution in [2.45, 2.75) is 18.8 Å². The van der Waals surface area contributed by atoms with Crippen LogP contribution in [0.25, 0.3) is 10.9 Å². The third kappa shape index (κ3) is 1.59. The maximum Gasteiger partial charge on any atom is 0.152 e. The van der Waals surface area contributed by atoms with Crippen molar-refractivity contribution < 1.29 is 8.78 Å². The number of nitrogens with zero attached hydrogens (tertiary/aromatic N) is 2. The Kier molecular flexibility index (Phi) is 2.17. The molecule has 5 heteroatoms. The first-order chi connectivity index (χ1) is 7.65. The molecule has 0 atom stereocenters. The van der Waals surface area contributed by atoms with Crippen LogP contribution in [0.15, 0.2) is 16.7 Å². The Morgan fingerprint density at radius 2 is 1.94 bits per heavy atom. The van der Waals surface area contributed by atoms with Crippen molar-refractivity contribution in [2.24, 2.45) is 0 Å². The molecule has 2 aromatic rings. The molecule has 1 fully saturated rings. The number of benzene rings is 1. The summed E-state index contributed by atoms with van der Waals surface area (Å²) in [6.45, 7) is 0. The smallest absolute Gasteiger partial charge is 0.152 e. The monoisotopic (exact) mass is 284 g/mol. The first kappa shape index (κ1) is 10.1. The number of hydrogen-bond donors (Lipinski definition) is 0. The number of hydrogen-bond acceptors (Lipinski definition) is 2. The zero-order valence-electron chi connectivity index (χ0n) is 8.17. The highest BCUT2D eigenvalue weighted by molar-refractivity contribution is 9.10. The quantitative estimate of drug-likeness (QED) is 0.749. The largest absolute Gasteiger partial charge is 0.229 e. The van der Waals surface area contributed by atoms with Gasteiger partial charge in [-0.25, -0.2) is 18.7 Å². The topological polar surface area (TPSA) is 25.8 Å². The fourth-order valence-corrected chi connectivity index (χ4v) is 2.15. The van der Waals surface area contributed by atoms with E-state index >= 15 is 0 Å². The van der Waals surface area contributed by atoms with Crippen LogP contribution in [0.1, 0.15) is 24.6 Å². The third-order valence-electron chi connectivity index (χ3n) is 2.63. The second kappa shape index (κ2) is 3.45. The molecule has 82 valence electrons. The van der Waals surface area contributed by atoms with Gasteiger partial charge in [0.05, 0.1) is 0 Å². The first-order valence-corrected chi connectivity index (χ1v) is 5.76. The second-order valence-corrected chi connectivity index (χ2v) is 4.68. The maximum absolute atomic E-state index is 13.5. The predicted octanol–water partition coefficient (Wildman–Crippen LogP) is 3.55. The van der Waals surface area contributed by atoms with E-state index in [1.165, 1.54) is 6.07 Å². The summed E-state index contributed by atoms with van der Waals surface area (Å²) in [4.78, 5) is 8.37. The number of halogens is 3. The third-order valence-corrected chi connectivity index (χ3v) is 3.24. The molecular formula is C11H7BrF2N2. The van der Waals surface area contributed by atoms with Crippen LogP contribution in [0, 0.1) is 11.6 Å².